The molecule has 6 aromatic rings. The van der Waals surface area contributed by atoms with Gasteiger partial charge in [-0.2, -0.15) is 0 Å². The Labute approximate surface area is 372 Å². The molecule has 64 heavy (non-hydrogen) atoms. The normalized spacial score (nSPS) is 17.0. The van der Waals surface area contributed by atoms with E-state index in [-0.39, 0.29) is 35.7 Å². The summed E-state index contributed by atoms with van der Waals surface area (Å²) in [6, 6.07) is 32.1. The molecule has 2 aliphatic heterocycles. The van der Waals surface area contributed by atoms with Crippen LogP contribution in [0.15, 0.2) is 122 Å². The van der Waals surface area contributed by atoms with Crippen LogP contribution in [0.5, 0.6) is 11.5 Å². The van der Waals surface area contributed by atoms with Crippen LogP contribution in [0.25, 0.3) is 33.6 Å². The molecule has 0 aliphatic carbocycles. The number of nitrogens with one attached hydrogen (secondary N) is 4. The van der Waals surface area contributed by atoms with Gasteiger partial charge in [0.25, 0.3) is 0 Å². The molecule has 0 saturated carbocycles. The van der Waals surface area contributed by atoms with Crippen molar-refractivity contribution in [2.24, 2.45) is 11.8 Å². The minimum absolute atomic E-state index is 0.155. The summed E-state index contributed by atoms with van der Waals surface area (Å²) in [5.41, 5.74) is 5.72. The Morgan fingerprint density at radius 2 is 0.906 bits per heavy atom. The third kappa shape index (κ3) is 9.86. The van der Waals surface area contributed by atoms with Crippen molar-refractivity contribution >= 4 is 24.0 Å². The molecule has 2 saturated heterocycles. The Balaban J connectivity index is 0.884. The van der Waals surface area contributed by atoms with E-state index in [1.54, 1.807) is 60.9 Å². The van der Waals surface area contributed by atoms with Crippen LogP contribution in [0.1, 0.15) is 77.1 Å². The van der Waals surface area contributed by atoms with Crippen LogP contribution in [0.4, 0.5) is 9.59 Å². The van der Waals surface area contributed by atoms with E-state index in [0.717, 1.165) is 59.3 Å². The zero-order valence-corrected chi connectivity index (χ0v) is 36.5. The van der Waals surface area contributed by atoms with Crippen LogP contribution < -0.4 is 20.1 Å². The summed E-state index contributed by atoms with van der Waals surface area (Å²) in [5.74, 6) is 1.60. The van der Waals surface area contributed by atoms with Gasteiger partial charge in [-0.15, -0.1) is 0 Å². The molecule has 0 bridgehead atoms. The molecule has 0 unspecified atom stereocenters. The van der Waals surface area contributed by atoms with Gasteiger partial charge in [0, 0.05) is 13.1 Å². The van der Waals surface area contributed by atoms with Gasteiger partial charge in [-0.05, 0) is 84.0 Å². The fraction of sp³-hybridized carbons (Fsp3) is 0.320. The Hall–Kier alpha value is -7.22. The van der Waals surface area contributed by atoms with E-state index in [2.05, 4.69) is 69.1 Å². The average Bonchev–Trinajstić information content (AvgIpc) is 4.15. The molecule has 4 N–H and O–H groups in total. The average molecular weight is 863 g/mol. The number of aromatic nitrogens is 4. The summed E-state index contributed by atoms with van der Waals surface area (Å²) >= 11 is 0. The van der Waals surface area contributed by atoms with Crippen molar-refractivity contribution in [2.45, 2.75) is 77.5 Å². The maximum absolute atomic E-state index is 13.9. The molecule has 2 fully saturated rings. The number of aromatic amines is 2. The zero-order valence-electron chi connectivity index (χ0n) is 36.5. The van der Waals surface area contributed by atoms with E-state index < -0.39 is 24.3 Å². The molecular formula is C50H54N8O6. The summed E-state index contributed by atoms with van der Waals surface area (Å²) < 4.78 is 10.8. The van der Waals surface area contributed by atoms with Crippen molar-refractivity contribution in [2.75, 3.05) is 13.1 Å². The first-order valence-corrected chi connectivity index (χ1v) is 22.0. The van der Waals surface area contributed by atoms with Gasteiger partial charge in [0.2, 0.25) is 11.8 Å². The second-order valence-corrected chi connectivity index (χ2v) is 17.0. The molecule has 4 heterocycles. The maximum Gasteiger partial charge on any atom is 0.413 e. The van der Waals surface area contributed by atoms with Crippen molar-refractivity contribution in [1.82, 2.24) is 40.4 Å². The van der Waals surface area contributed by atoms with Crippen LogP contribution in [-0.2, 0) is 9.59 Å². The van der Waals surface area contributed by atoms with Crippen LogP contribution in [-0.4, -0.2) is 78.9 Å². The highest BCUT2D eigenvalue weighted by atomic mass is 16.6. The first-order valence-electron chi connectivity index (χ1n) is 22.0. The molecule has 0 radical (unpaired) electrons. The van der Waals surface area contributed by atoms with Gasteiger partial charge in [0.1, 0.15) is 35.2 Å². The number of rotatable bonds is 13. The topological polar surface area (TPSA) is 175 Å². The van der Waals surface area contributed by atoms with Crippen LogP contribution in [0.2, 0.25) is 0 Å². The quantitative estimate of drug-likeness (QED) is 0.0890. The van der Waals surface area contributed by atoms with Gasteiger partial charge in [-0.3, -0.25) is 9.59 Å². The van der Waals surface area contributed by atoms with Gasteiger partial charge in [0.05, 0.1) is 35.9 Å². The van der Waals surface area contributed by atoms with E-state index in [9.17, 15) is 19.2 Å². The number of H-pyrrole nitrogens is 2. The second kappa shape index (κ2) is 19.4. The van der Waals surface area contributed by atoms with Gasteiger partial charge in [-0.25, -0.2) is 19.6 Å². The third-order valence-corrected chi connectivity index (χ3v) is 11.9. The largest absolute Gasteiger partial charge is 0.413 e. The molecule has 4 aromatic carbocycles. The molecule has 0 spiro atoms. The predicted molar refractivity (Wildman–Crippen MR) is 243 cm³/mol. The van der Waals surface area contributed by atoms with Crippen molar-refractivity contribution in [1.29, 1.82) is 0 Å². The molecule has 4 atom stereocenters. The smallest absolute Gasteiger partial charge is 0.410 e. The van der Waals surface area contributed by atoms with E-state index in [1.807, 2.05) is 49.6 Å². The number of nitrogens with zero attached hydrogens (tertiary/aromatic N) is 4. The molecule has 2 aromatic heterocycles. The number of carbonyl (C=O) groups is 4. The van der Waals surface area contributed by atoms with Crippen LogP contribution in [0.3, 0.4) is 0 Å². The number of benzene rings is 4. The van der Waals surface area contributed by atoms with E-state index >= 15 is 0 Å². The van der Waals surface area contributed by atoms with E-state index in [4.69, 9.17) is 19.4 Å². The molecule has 4 amide bonds. The number of carbonyl (C=O) groups excluding carboxylic acids is 4. The Morgan fingerprint density at radius 1 is 0.547 bits per heavy atom. The SMILES string of the molecule is CC(C)[C@H](NC(=O)Oc1ccccc1)C(=O)N1CCC[C@@H]1c1ncc(-c2ccc(-c3ccc(-c4cnc([C@H]5CCCN5C(=O)[C@@H](NC(=O)Oc5ccccc5)C(C)C)[nH]4)cc3)cc2)[nH]1. The lowest BCUT2D eigenvalue weighted by Crippen LogP contribution is -2.51. The summed E-state index contributed by atoms with van der Waals surface area (Å²) in [5, 5.41) is 5.59. The number of ether oxygens (including phenoxy) is 2. The number of imidazole rings is 2. The third-order valence-electron chi connectivity index (χ3n) is 11.9. The first-order chi connectivity index (χ1) is 31.0. The predicted octanol–water partition coefficient (Wildman–Crippen LogP) is 9.09. The van der Waals surface area contributed by atoms with Gasteiger partial charge in [0.15, 0.2) is 0 Å². The molecular weight excluding hydrogens is 809 g/mol. The highest BCUT2D eigenvalue weighted by Crippen LogP contribution is 2.35. The molecule has 330 valence electrons. The number of para-hydroxylation sites is 2. The highest BCUT2D eigenvalue weighted by molar-refractivity contribution is 5.88. The lowest BCUT2D eigenvalue weighted by atomic mass is 10.0. The monoisotopic (exact) mass is 862 g/mol. The number of hydrogen-bond acceptors (Lipinski definition) is 8. The summed E-state index contributed by atoms with van der Waals surface area (Å²) in [4.78, 5) is 73.3. The lowest BCUT2D eigenvalue weighted by Gasteiger charge is -2.30. The lowest BCUT2D eigenvalue weighted by molar-refractivity contribution is -0.136. The van der Waals surface area contributed by atoms with E-state index in [0.29, 0.717) is 36.2 Å². The minimum atomic E-state index is -0.752. The van der Waals surface area contributed by atoms with Crippen molar-refractivity contribution in [3.63, 3.8) is 0 Å². The van der Waals surface area contributed by atoms with Crippen molar-refractivity contribution in [3.05, 3.63) is 133 Å². The maximum atomic E-state index is 13.9. The second-order valence-electron chi connectivity index (χ2n) is 17.0. The van der Waals surface area contributed by atoms with Gasteiger partial charge in [-0.1, -0.05) is 113 Å². The molecule has 8 rings (SSSR count). The standard InChI is InChI=1S/C50H54N8O6/c1-31(2)43(55-49(61)63-37-13-7-5-8-14-37)47(59)57-27-11-17-41(57)45-51-29-39(53-45)35-23-19-33(20-24-35)34-21-25-36(26-22-34)40-30-52-46(54-40)42-18-12-28-58(42)48(60)44(32(3)4)56-50(62)64-38-15-9-6-10-16-38/h5-10,13-16,19-26,29-32,41-44H,11-12,17-18,27-28H2,1-4H3,(H,51,53)(H,52,54)(H,55,61)(H,56,62)/t41-,42-,43+,44+/m1/s1. The van der Waals surface area contributed by atoms with Gasteiger partial charge >= 0.3 is 12.2 Å². The fourth-order valence-corrected chi connectivity index (χ4v) is 8.51. The highest BCUT2D eigenvalue weighted by Gasteiger charge is 2.39. The zero-order chi connectivity index (χ0) is 44.7. The van der Waals surface area contributed by atoms with Gasteiger partial charge < -0.3 is 39.9 Å². The summed E-state index contributed by atoms with van der Waals surface area (Å²) in [7, 11) is 0. The minimum Gasteiger partial charge on any atom is -0.410 e. The molecule has 2 aliphatic rings. The number of likely N-dealkylation sites (tertiary alicyclic amines) is 2. The Bertz CT molecular complexity index is 2360. The number of hydrogen-bond donors (Lipinski definition) is 4. The number of amides is 4. The molecule has 14 nitrogen and oxygen atoms in total. The molecule has 14 heteroatoms. The van der Waals surface area contributed by atoms with E-state index in [1.165, 1.54) is 0 Å². The summed E-state index contributed by atoms with van der Waals surface area (Å²) in [6.07, 6.45) is 5.45. The van der Waals surface area contributed by atoms with Crippen molar-refractivity contribution in [3.8, 4) is 45.1 Å². The van der Waals surface area contributed by atoms with Crippen LogP contribution in [0, 0.1) is 11.8 Å². The fourth-order valence-electron chi connectivity index (χ4n) is 8.51. The van der Waals surface area contributed by atoms with Crippen LogP contribution >= 0.6 is 0 Å². The Kier molecular flexibility index (Phi) is 13.2. The van der Waals surface area contributed by atoms with Crippen molar-refractivity contribution < 1.29 is 28.7 Å². The first kappa shape index (κ1) is 43.4. The summed E-state index contributed by atoms with van der Waals surface area (Å²) in [6.45, 7) is 8.77. The Morgan fingerprint density at radius 3 is 1.27 bits per heavy atom.